The first kappa shape index (κ1) is 24.3. The van der Waals surface area contributed by atoms with E-state index in [4.69, 9.17) is 9.84 Å². The van der Waals surface area contributed by atoms with Gasteiger partial charge in [0, 0.05) is 24.1 Å². The van der Waals surface area contributed by atoms with Gasteiger partial charge in [-0.2, -0.15) is 0 Å². The third-order valence-corrected chi connectivity index (χ3v) is 7.52. The molecule has 0 amide bonds. The number of thioether (sulfide) groups is 1. The Hall–Kier alpha value is -2.38. The van der Waals surface area contributed by atoms with E-state index in [1.165, 1.54) is 22.5 Å². The minimum Gasteiger partial charge on any atom is -0.394 e. The number of aliphatic hydroxyl groups is 3. The summed E-state index contributed by atoms with van der Waals surface area (Å²) in [5.41, 5.74) is 1.87. The number of hydrogen-bond acceptors (Lipinski definition) is 10. The molecule has 0 bridgehead atoms. The molecular weight excluding hydrogens is 475 g/mol. The van der Waals surface area contributed by atoms with Crippen molar-refractivity contribution >= 4 is 28.7 Å². The maximum Gasteiger partial charge on any atom is 0.191 e. The molecule has 188 valence electrons. The van der Waals surface area contributed by atoms with Gasteiger partial charge in [0.2, 0.25) is 0 Å². The highest BCUT2D eigenvalue weighted by atomic mass is 32.2. The van der Waals surface area contributed by atoms with Crippen molar-refractivity contribution in [3.8, 4) is 0 Å². The van der Waals surface area contributed by atoms with Gasteiger partial charge in [0.25, 0.3) is 0 Å². The molecule has 35 heavy (non-hydrogen) atoms. The predicted molar refractivity (Wildman–Crippen MR) is 128 cm³/mol. The first-order valence-electron chi connectivity index (χ1n) is 11.9. The molecule has 2 aliphatic carbocycles. The number of hydrogen-bond donors (Lipinski definition) is 4. The molecule has 4 N–H and O–H groups in total. The van der Waals surface area contributed by atoms with Gasteiger partial charge in [0.1, 0.15) is 18.0 Å². The van der Waals surface area contributed by atoms with Crippen LogP contribution in [0.25, 0.3) is 11.2 Å². The molecule has 1 aromatic carbocycles. The third kappa shape index (κ3) is 4.98. The van der Waals surface area contributed by atoms with Crippen molar-refractivity contribution in [1.29, 1.82) is 0 Å². The fourth-order valence-corrected chi connectivity index (χ4v) is 5.30. The second-order valence-electron chi connectivity index (χ2n) is 8.97. The minimum absolute atomic E-state index is 0.0706. The Morgan fingerprint density at radius 3 is 2.86 bits per heavy atom. The number of halogens is 1. The van der Waals surface area contributed by atoms with E-state index in [-0.39, 0.29) is 31.0 Å². The molecule has 5 rings (SSSR count). The average Bonchev–Trinajstić information content (AvgIpc) is 3.40. The molecule has 0 unspecified atom stereocenters. The fraction of sp³-hybridized carbons (Fsp3) is 0.565. The van der Waals surface area contributed by atoms with Gasteiger partial charge in [0.05, 0.1) is 25.4 Å². The maximum absolute atomic E-state index is 13.7. The van der Waals surface area contributed by atoms with Gasteiger partial charge in [-0.15, -0.1) is 5.10 Å². The van der Waals surface area contributed by atoms with Gasteiger partial charge in [0.15, 0.2) is 22.1 Å². The van der Waals surface area contributed by atoms with E-state index < -0.39 is 24.4 Å². The fourth-order valence-electron chi connectivity index (χ4n) is 4.61. The molecule has 2 aromatic heterocycles. The number of ether oxygens (including phenoxy) is 1. The molecule has 2 heterocycles. The van der Waals surface area contributed by atoms with Gasteiger partial charge in [-0.3, -0.25) is 0 Å². The van der Waals surface area contributed by atoms with Crippen molar-refractivity contribution in [2.45, 2.75) is 67.7 Å². The van der Waals surface area contributed by atoms with Gasteiger partial charge in [-0.1, -0.05) is 36.0 Å². The van der Waals surface area contributed by atoms with Crippen LogP contribution in [0.4, 0.5) is 10.2 Å². The lowest BCUT2D eigenvalue weighted by molar-refractivity contribution is -0.0629. The van der Waals surface area contributed by atoms with Crippen molar-refractivity contribution in [3.05, 3.63) is 35.6 Å². The lowest BCUT2D eigenvalue weighted by Gasteiger charge is -2.17. The molecule has 10 nitrogen and oxygen atoms in total. The number of nitrogens with zero attached hydrogens (tertiary/aromatic N) is 5. The van der Waals surface area contributed by atoms with Gasteiger partial charge >= 0.3 is 0 Å². The molecule has 2 saturated carbocycles. The summed E-state index contributed by atoms with van der Waals surface area (Å²) < 4.78 is 20.7. The first-order valence-corrected chi connectivity index (χ1v) is 12.8. The van der Waals surface area contributed by atoms with Crippen molar-refractivity contribution in [2.24, 2.45) is 0 Å². The van der Waals surface area contributed by atoms with Crippen LogP contribution in [0.1, 0.15) is 43.7 Å². The van der Waals surface area contributed by atoms with Gasteiger partial charge in [-0.05, 0) is 30.5 Å². The number of aromatic nitrogens is 5. The molecule has 2 aliphatic rings. The molecule has 12 heteroatoms. The zero-order chi connectivity index (χ0) is 24.5. The predicted octanol–water partition coefficient (Wildman–Crippen LogP) is 1.87. The third-order valence-electron chi connectivity index (χ3n) is 6.46. The van der Waals surface area contributed by atoms with E-state index >= 15 is 0 Å². The van der Waals surface area contributed by atoms with Crippen LogP contribution < -0.4 is 5.32 Å². The summed E-state index contributed by atoms with van der Waals surface area (Å²) in [6.45, 7) is 1.97. The summed E-state index contributed by atoms with van der Waals surface area (Å²) in [5.74, 6) is 1.31. The van der Waals surface area contributed by atoms with Crippen LogP contribution in [0.15, 0.2) is 29.4 Å². The number of nitrogens with one attached hydrogen (secondary N) is 1. The number of anilines is 1. The molecule has 3 aromatic rings. The summed E-state index contributed by atoms with van der Waals surface area (Å²) in [6, 6.07) is 6.12. The molecule has 0 radical (unpaired) electrons. The summed E-state index contributed by atoms with van der Waals surface area (Å²) in [7, 11) is 0. The molecule has 0 aliphatic heterocycles. The first-order chi connectivity index (χ1) is 17.0. The average molecular weight is 505 g/mol. The maximum atomic E-state index is 13.7. The van der Waals surface area contributed by atoms with E-state index in [2.05, 4.69) is 32.5 Å². The topological polar surface area (TPSA) is 138 Å². The molecule has 6 atom stereocenters. The second-order valence-corrected chi connectivity index (χ2v) is 10.0. The van der Waals surface area contributed by atoms with Crippen LogP contribution in [0.3, 0.4) is 0 Å². The standard InChI is InChI=1S/C23H29FN6O4S/c1-2-8-35-23-26-21(25-15-10-14(15)12-4-3-5-13(24)9-12)18-22(27-23)30(29-28-18)16-11-17(34-7-6-31)20(33)19(16)32/h3-5,9,14-17,19-20,31-33H,2,6-8,10-11H2,1H3,(H,25,26,27)/t14-,15+,16+,17-,19-,20+/m0/s1. The summed E-state index contributed by atoms with van der Waals surface area (Å²) in [5, 5.41) is 42.8. The quantitative estimate of drug-likeness (QED) is 0.239. The van der Waals surface area contributed by atoms with Crippen LogP contribution in [-0.4, -0.2) is 83.6 Å². The molecular formula is C23H29FN6O4S. The Kier molecular flexibility index (Phi) is 7.17. The smallest absolute Gasteiger partial charge is 0.191 e. The normalized spacial score (nSPS) is 28.0. The van der Waals surface area contributed by atoms with Crippen molar-refractivity contribution in [1.82, 2.24) is 25.0 Å². The van der Waals surface area contributed by atoms with Crippen LogP contribution in [0, 0.1) is 5.82 Å². The Balaban J connectivity index is 1.43. The van der Waals surface area contributed by atoms with E-state index in [0.717, 1.165) is 24.2 Å². The minimum atomic E-state index is -1.12. The van der Waals surface area contributed by atoms with Crippen molar-refractivity contribution < 1.29 is 24.4 Å². The number of fused-ring (bicyclic) bond motifs is 1. The van der Waals surface area contributed by atoms with Crippen LogP contribution >= 0.6 is 11.8 Å². The highest BCUT2D eigenvalue weighted by Gasteiger charge is 2.45. The highest BCUT2D eigenvalue weighted by molar-refractivity contribution is 7.99. The largest absolute Gasteiger partial charge is 0.394 e. The van der Waals surface area contributed by atoms with Gasteiger partial charge < -0.3 is 25.4 Å². The Morgan fingerprint density at radius 1 is 1.23 bits per heavy atom. The monoisotopic (exact) mass is 504 g/mol. The lowest BCUT2D eigenvalue weighted by atomic mass is 10.1. The Bertz CT molecular complexity index is 1180. The lowest BCUT2D eigenvalue weighted by Crippen LogP contribution is -2.33. The molecule has 0 spiro atoms. The number of rotatable bonds is 10. The summed E-state index contributed by atoms with van der Waals surface area (Å²) in [6.07, 6.45) is -0.769. The van der Waals surface area contributed by atoms with E-state index in [9.17, 15) is 14.6 Å². The number of aliphatic hydroxyl groups excluding tert-OH is 3. The van der Waals surface area contributed by atoms with Crippen LogP contribution in [-0.2, 0) is 4.74 Å². The van der Waals surface area contributed by atoms with Gasteiger partial charge in [-0.25, -0.2) is 19.0 Å². The number of benzene rings is 1. The summed E-state index contributed by atoms with van der Waals surface area (Å²) >= 11 is 1.52. The zero-order valence-electron chi connectivity index (χ0n) is 19.3. The Labute approximate surface area is 205 Å². The van der Waals surface area contributed by atoms with Crippen LogP contribution in [0.5, 0.6) is 0 Å². The van der Waals surface area contributed by atoms with Crippen LogP contribution in [0.2, 0.25) is 0 Å². The van der Waals surface area contributed by atoms with E-state index in [1.807, 2.05) is 6.07 Å². The molecule has 2 fully saturated rings. The zero-order valence-corrected chi connectivity index (χ0v) is 20.1. The van der Waals surface area contributed by atoms with Crippen molar-refractivity contribution in [2.75, 3.05) is 24.3 Å². The highest BCUT2D eigenvalue weighted by Crippen LogP contribution is 2.44. The molecule has 0 saturated heterocycles. The van der Waals surface area contributed by atoms with E-state index in [0.29, 0.717) is 28.6 Å². The SMILES string of the molecule is CCCSc1nc(N[C@@H]2C[C@H]2c2cccc(F)c2)c2nnn([C@@H]3C[C@H](OCCO)[C@@H](O)[C@H]3O)c2n1. The Morgan fingerprint density at radius 2 is 2.09 bits per heavy atom. The van der Waals surface area contributed by atoms with E-state index in [1.54, 1.807) is 12.1 Å². The summed E-state index contributed by atoms with van der Waals surface area (Å²) in [4.78, 5) is 9.35. The second kappa shape index (κ2) is 10.3. The van der Waals surface area contributed by atoms with Crippen molar-refractivity contribution in [3.63, 3.8) is 0 Å².